The average molecular weight is 297 g/mol. The molecule has 1 N–H and O–H groups in total. The number of nitrogens with zero attached hydrogens (tertiary/aromatic N) is 1. The Hall–Kier alpha value is -0.970. The zero-order valence-electron chi connectivity index (χ0n) is 11.8. The lowest BCUT2D eigenvalue weighted by Crippen LogP contribution is -2.49. The molecule has 0 spiro atoms. The minimum Gasteiger partial charge on any atom is -0.489 e. The highest BCUT2D eigenvalue weighted by molar-refractivity contribution is 6.32. The van der Waals surface area contributed by atoms with Gasteiger partial charge >= 0.3 is 0 Å². The number of halogens is 1. The summed E-state index contributed by atoms with van der Waals surface area (Å²) in [5.41, 5.74) is 1.19. The van der Waals surface area contributed by atoms with Gasteiger partial charge in [0.05, 0.1) is 18.2 Å². The van der Waals surface area contributed by atoms with E-state index in [1.54, 1.807) is 0 Å². The van der Waals surface area contributed by atoms with Crippen molar-refractivity contribution in [3.8, 4) is 11.5 Å². The third-order valence-electron chi connectivity index (χ3n) is 3.89. The summed E-state index contributed by atoms with van der Waals surface area (Å²) < 4.78 is 11.4. The van der Waals surface area contributed by atoms with Crippen LogP contribution in [0.2, 0.25) is 5.02 Å². The Balaban J connectivity index is 1.80. The molecule has 4 nitrogen and oxygen atoms in total. The molecule has 1 fully saturated rings. The van der Waals surface area contributed by atoms with Crippen LogP contribution in [0.15, 0.2) is 12.1 Å². The number of ether oxygens (including phenoxy) is 2. The number of fused-ring (bicyclic) bond motifs is 1. The number of rotatable bonds is 2. The Labute approximate surface area is 125 Å². The SMILES string of the molecule is CC1CNCCN1Cc1cc(Cl)c2c(c1)OCCCO2. The Kier molecular flexibility index (Phi) is 4.34. The average Bonchev–Trinajstić information content (AvgIpc) is 2.67. The van der Waals surface area contributed by atoms with E-state index in [9.17, 15) is 0 Å². The standard InChI is InChI=1S/C15H21ClN2O2/c1-11-9-17-3-4-18(11)10-12-7-13(16)15-14(8-12)19-5-2-6-20-15/h7-8,11,17H,2-6,9-10H2,1H3. The quantitative estimate of drug-likeness (QED) is 0.908. The van der Waals surface area contributed by atoms with Gasteiger partial charge in [0.15, 0.2) is 11.5 Å². The second-order valence-electron chi connectivity index (χ2n) is 5.48. The molecule has 2 heterocycles. The molecule has 0 bridgehead atoms. The van der Waals surface area contributed by atoms with Gasteiger partial charge in [-0.05, 0) is 24.6 Å². The van der Waals surface area contributed by atoms with Gasteiger partial charge in [-0.25, -0.2) is 0 Å². The lowest BCUT2D eigenvalue weighted by atomic mass is 10.1. The lowest BCUT2D eigenvalue weighted by Gasteiger charge is -2.34. The molecule has 5 heteroatoms. The Morgan fingerprint density at radius 3 is 3.05 bits per heavy atom. The van der Waals surface area contributed by atoms with Crippen LogP contribution in [0.25, 0.3) is 0 Å². The summed E-state index contributed by atoms with van der Waals surface area (Å²) in [6, 6.07) is 4.61. The number of benzene rings is 1. The van der Waals surface area contributed by atoms with Gasteiger partial charge in [-0.3, -0.25) is 4.90 Å². The fourth-order valence-electron chi connectivity index (χ4n) is 2.73. The zero-order valence-corrected chi connectivity index (χ0v) is 12.6. The van der Waals surface area contributed by atoms with Crippen molar-refractivity contribution in [1.29, 1.82) is 0 Å². The molecule has 1 aromatic carbocycles. The Morgan fingerprint density at radius 2 is 2.20 bits per heavy atom. The van der Waals surface area contributed by atoms with Gasteiger partial charge in [0.1, 0.15) is 0 Å². The molecule has 20 heavy (non-hydrogen) atoms. The smallest absolute Gasteiger partial charge is 0.179 e. The predicted octanol–water partition coefficient (Wildman–Crippen LogP) is 2.29. The Morgan fingerprint density at radius 1 is 1.35 bits per heavy atom. The topological polar surface area (TPSA) is 33.7 Å². The first-order valence-electron chi connectivity index (χ1n) is 7.27. The summed E-state index contributed by atoms with van der Waals surface area (Å²) in [7, 11) is 0. The largest absolute Gasteiger partial charge is 0.489 e. The zero-order chi connectivity index (χ0) is 13.9. The molecule has 0 aliphatic carbocycles. The van der Waals surface area contributed by atoms with Crippen molar-refractivity contribution in [3.05, 3.63) is 22.7 Å². The second kappa shape index (κ2) is 6.20. The van der Waals surface area contributed by atoms with E-state index in [0.29, 0.717) is 30.0 Å². The highest BCUT2D eigenvalue weighted by atomic mass is 35.5. The molecule has 0 aromatic heterocycles. The first-order chi connectivity index (χ1) is 9.74. The lowest BCUT2D eigenvalue weighted by molar-refractivity contribution is 0.165. The van der Waals surface area contributed by atoms with Crippen LogP contribution >= 0.6 is 11.6 Å². The molecule has 3 rings (SSSR count). The first kappa shape index (κ1) is 14.0. The number of nitrogens with one attached hydrogen (secondary N) is 1. The van der Waals surface area contributed by atoms with Crippen LogP contribution in [-0.2, 0) is 6.54 Å². The van der Waals surface area contributed by atoms with Crippen LogP contribution < -0.4 is 14.8 Å². The summed E-state index contributed by atoms with van der Waals surface area (Å²) in [5, 5.41) is 4.06. The van der Waals surface area contributed by atoms with E-state index < -0.39 is 0 Å². The van der Waals surface area contributed by atoms with Crippen molar-refractivity contribution in [1.82, 2.24) is 10.2 Å². The molecule has 110 valence electrons. The highest BCUT2D eigenvalue weighted by Crippen LogP contribution is 2.38. The highest BCUT2D eigenvalue weighted by Gasteiger charge is 2.20. The molecule has 1 unspecified atom stereocenters. The van der Waals surface area contributed by atoms with Gasteiger partial charge in [0, 0.05) is 38.6 Å². The summed E-state index contributed by atoms with van der Waals surface area (Å²) in [6.07, 6.45) is 0.898. The van der Waals surface area contributed by atoms with Crippen molar-refractivity contribution in [3.63, 3.8) is 0 Å². The third kappa shape index (κ3) is 3.03. The predicted molar refractivity (Wildman–Crippen MR) is 79.8 cm³/mol. The maximum atomic E-state index is 6.34. The second-order valence-corrected chi connectivity index (χ2v) is 5.89. The minimum atomic E-state index is 0.540. The maximum Gasteiger partial charge on any atom is 0.179 e. The fourth-order valence-corrected chi connectivity index (χ4v) is 3.02. The van der Waals surface area contributed by atoms with E-state index in [1.165, 1.54) is 5.56 Å². The molecule has 0 amide bonds. The number of hydrogen-bond acceptors (Lipinski definition) is 4. The summed E-state index contributed by atoms with van der Waals surface area (Å²) >= 11 is 6.34. The van der Waals surface area contributed by atoms with Crippen molar-refractivity contribution in [2.24, 2.45) is 0 Å². The number of piperazine rings is 1. The van der Waals surface area contributed by atoms with Gasteiger partial charge in [-0.2, -0.15) is 0 Å². The minimum absolute atomic E-state index is 0.540. The van der Waals surface area contributed by atoms with E-state index in [0.717, 1.165) is 38.3 Å². The van der Waals surface area contributed by atoms with Gasteiger partial charge in [0.2, 0.25) is 0 Å². The van der Waals surface area contributed by atoms with Crippen LogP contribution in [0, 0.1) is 0 Å². The monoisotopic (exact) mass is 296 g/mol. The van der Waals surface area contributed by atoms with Gasteiger partial charge in [0.25, 0.3) is 0 Å². The molecular weight excluding hydrogens is 276 g/mol. The Bertz CT molecular complexity index is 481. The van der Waals surface area contributed by atoms with Crippen LogP contribution in [0.4, 0.5) is 0 Å². The maximum absolute atomic E-state index is 6.34. The molecule has 1 atom stereocenters. The number of hydrogen-bond donors (Lipinski definition) is 1. The van der Waals surface area contributed by atoms with Crippen LogP contribution in [0.3, 0.4) is 0 Å². The van der Waals surface area contributed by atoms with Gasteiger partial charge in [-0.1, -0.05) is 11.6 Å². The van der Waals surface area contributed by atoms with Gasteiger partial charge < -0.3 is 14.8 Å². The molecule has 2 aliphatic heterocycles. The molecule has 0 radical (unpaired) electrons. The van der Waals surface area contributed by atoms with Crippen LogP contribution in [0.1, 0.15) is 18.9 Å². The van der Waals surface area contributed by atoms with E-state index in [4.69, 9.17) is 21.1 Å². The summed E-state index contributed by atoms with van der Waals surface area (Å²) in [6.45, 7) is 7.65. The van der Waals surface area contributed by atoms with Crippen molar-refractivity contribution in [2.75, 3.05) is 32.8 Å². The van der Waals surface area contributed by atoms with Crippen molar-refractivity contribution < 1.29 is 9.47 Å². The third-order valence-corrected chi connectivity index (χ3v) is 4.17. The molecule has 1 aromatic rings. The van der Waals surface area contributed by atoms with Crippen molar-refractivity contribution in [2.45, 2.75) is 25.9 Å². The summed E-state index contributed by atoms with van der Waals surface area (Å²) in [4.78, 5) is 2.46. The summed E-state index contributed by atoms with van der Waals surface area (Å²) in [5.74, 6) is 1.48. The van der Waals surface area contributed by atoms with E-state index in [-0.39, 0.29) is 0 Å². The van der Waals surface area contributed by atoms with Crippen molar-refractivity contribution >= 4 is 11.6 Å². The molecule has 2 aliphatic rings. The van der Waals surface area contributed by atoms with Gasteiger partial charge in [-0.15, -0.1) is 0 Å². The molecular formula is C15H21ClN2O2. The van der Waals surface area contributed by atoms with E-state index in [1.807, 2.05) is 6.07 Å². The normalized spacial score (nSPS) is 23.4. The van der Waals surface area contributed by atoms with Crippen LogP contribution in [-0.4, -0.2) is 43.8 Å². The van der Waals surface area contributed by atoms with Crippen LogP contribution in [0.5, 0.6) is 11.5 Å². The van der Waals surface area contributed by atoms with E-state index >= 15 is 0 Å². The molecule has 1 saturated heterocycles. The van der Waals surface area contributed by atoms with E-state index in [2.05, 4.69) is 23.2 Å². The molecule has 0 saturated carbocycles. The first-order valence-corrected chi connectivity index (χ1v) is 7.64. The fraction of sp³-hybridized carbons (Fsp3) is 0.600.